The Hall–Kier alpha value is -5.06. The average Bonchev–Trinajstić information content (AvgIpc) is 3.10. The Labute approximate surface area is 202 Å². The number of anilines is 1. The van der Waals surface area contributed by atoms with Crippen LogP contribution in [0.2, 0.25) is 0 Å². The lowest BCUT2D eigenvalue weighted by atomic mass is 10.1. The van der Waals surface area contributed by atoms with Crippen LogP contribution < -0.4 is 20.4 Å². The predicted molar refractivity (Wildman–Crippen MR) is 119 cm³/mol. The summed E-state index contributed by atoms with van der Waals surface area (Å²) in [4.78, 5) is 61.2. The first kappa shape index (κ1) is 24.1. The topological polar surface area (TPSA) is 152 Å². The second kappa shape index (κ2) is 8.95. The van der Waals surface area contributed by atoms with Crippen LogP contribution in [0.3, 0.4) is 0 Å². The number of imide groups is 2. The van der Waals surface area contributed by atoms with Crippen molar-refractivity contribution in [1.29, 1.82) is 0 Å². The molecule has 1 aliphatic heterocycles. The van der Waals surface area contributed by atoms with Gasteiger partial charge in [0.05, 0.1) is 17.6 Å². The van der Waals surface area contributed by atoms with E-state index < -0.39 is 41.2 Å². The first-order chi connectivity index (χ1) is 17.0. The fourth-order valence-corrected chi connectivity index (χ4v) is 3.97. The summed E-state index contributed by atoms with van der Waals surface area (Å²) in [5.74, 6) is -6.06. The van der Waals surface area contributed by atoms with Gasteiger partial charge >= 0.3 is 6.03 Å². The summed E-state index contributed by atoms with van der Waals surface area (Å²) in [6, 6.07) is 8.85. The normalized spacial score (nSPS) is 14.8. The third-order valence-electron chi connectivity index (χ3n) is 5.61. The number of nitrogens with one attached hydrogen (secondary N) is 1. The quantitative estimate of drug-likeness (QED) is 0.408. The van der Waals surface area contributed by atoms with E-state index in [2.05, 4.69) is 0 Å². The molecular weight excluding hydrogens is 473 g/mol. The number of nitrogens with zero attached hydrogens (tertiary/aromatic N) is 2. The number of benzene rings is 2. The van der Waals surface area contributed by atoms with Crippen LogP contribution >= 0.6 is 0 Å². The number of halogens is 1. The van der Waals surface area contributed by atoms with E-state index in [4.69, 9.17) is 0 Å². The van der Waals surface area contributed by atoms with Crippen LogP contribution in [0.1, 0.15) is 37.7 Å². The van der Waals surface area contributed by atoms with E-state index in [-0.39, 0.29) is 22.5 Å². The number of aromatic nitrogens is 1. The van der Waals surface area contributed by atoms with Gasteiger partial charge in [-0.05, 0) is 73.0 Å². The zero-order valence-electron chi connectivity index (χ0n) is 18.8. The molecule has 3 aromatic rings. The Morgan fingerprint density at radius 3 is 2.14 bits per heavy atom. The van der Waals surface area contributed by atoms with Gasteiger partial charge in [0.1, 0.15) is 11.4 Å². The highest BCUT2D eigenvalue weighted by Gasteiger charge is 2.38. The highest BCUT2D eigenvalue weighted by Crippen LogP contribution is 2.28. The molecule has 11 heteroatoms. The Kier molecular flexibility index (Phi) is 5.98. The molecule has 1 N–H and O–H groups in total. The van der Waals surface area contributed by atoms with Gasteiger partial charge < -0.3 is 24.4 Å². The average molecular weight is 489 g/mol. The van der Waals surface area contributed by atoms with Crippen LogP contribution in [0.4, 0.5) is 14.9 Å². The number of para-hydroxylation sites is 1. The largest absolute Gasteiger partial charge is 0.545 e. The Bertz CT molecular complexity index is 1490. The van der Waals surface area contributed by atoms with E-state index in [0.717, 1.165) is 12.1 Å². The number of aryl methyl sites for hydroxylation is 1. The number of hydrogen-bond donors (Lipinski definition) is 1. The molecule has 10 nitrogen and oxygen atoms in total. The monoisotopic (exact) mass is 489 g/mol. The summed E-state index contributed by atoms with van der Waals surface area (Å²) in [6.07, 6.45) is 1.21. The third-order valence-corrected chi connectivity index (χ3v) is 5.61. The number of amides is 4. The van der Waals surface area contributed by atoms with Crippen molar-refractivity contribution < 1.29 is 38.6 Å². The molecule has 2 heterocycles. The minimum atomic E-state index is -1.59. The number of barbiturate groups is 1. The summed E-state index contributed by atoms with van der Waals surface area (Å²) >= 11 is 0. The van der Waals surface area contributed by atoms with E-state index in [9.17, 15) is 38.6 Å². The van der Waals surface area contributed by atoms with Gasteiger partial charge in [-0.25, -0.2) is 14.1 Å². The molecule has 1 saturated heterocycles. The van der Waals surface area contributed by atoms with Gasteiger partial charge in [-0.1, -0.05) is 12.1 Å². The lowest BCUT2D eigenvalue weighted by molar-refractivity contribution is -0.255. The maximum absolute atomic E-state index is 14.3. The van der Waals surface area contributed by atoms with Crippen LogP contribution in [0.25, 0.3) is 11.8 Å². The van der Waals surface area contributed by atoms with Crippen molar-refractivity contribution in [3.63, 3.8) is 0 Å². The van der Waals surface area contributed by atoms with Crippen molar-refractivity contribution in [2.45, 2.75) is 13.8 Å². The van der Waals surface area contributed by atoms with Crippen molar-refractivity contribution in [2.75, 3.05) is 4.90 Å². The van der Waals surface area contributed by atoms with Crippen LogP contribution in [0, 0.1) is 19.7 Å². The predicted octanol–water partition coefficient (Wildman–Crippen LogP) is 0.627. The molecule has 0 unspecified atom stereocenters. The smallest absolute Gasteiger partial charge is 0.336 e. The molecule has 1 aliphatic rings. The number of rotatable bonds is 5. The number of carboxylic acids is 2. The molecule has 36 heavy (non-hydrogen) atoms. The lowest BCUT2D eigenvalue weighted by Crippen LogP contribution is -2.54. The zero-order valence-corrected chi connectivity index (χ0v) is 18.8. The van der Waals surface area contributed by atoms with Crippen molar-refractivity contribution in [3.05, 3.63) is 88.0 Å². The van der Waals surface area contributed by atoms with E-state index in [1.54, 1.807) is 19.9 Å². The number of aromatic carboxylic acids is 2. The lowest BCUT2D eigenvalue weighted by Gasteiger charge is -2.26. The summed E-state index contributed by atoms with van der Waals surface area (Å²) in [6.45, 7) is 3.23. The number of hydrogen-bond acceptors (Lipinski definition) is 7. The highest BCUT2D eigenvalue weighted by atomic mass is 19.1. The molecule has 4 rings (SSSR count). The van der Waals surface area contributed by atoms with Gasteiger partial charge in [-0.3, -0.25) is 14.9 Å². The van der Waals surface area contributed by atoms with Gasteiger partial charge in [-0.2, -0.15) is 0 Å². The summed E-state index contributed by atoms with van der Waals surface area (Å²) in [7, 11) is 0. The van der Waals surface area contributed by atoms with Crippen molar-refractivity contribution in [2.24, 2.45) is 0 Å². The molecule has 182 valence electrons. The first-order valence-electron chi connectivity index (χ1n) is 10.4. The van der Waals surface area contributed by atoms with Gasteiger partial charge in [0.15, 0.2) is 0 Å². The summed E-state index contributed by atoms with van der Waals surface area (Å²) in [5.41, 5.74) is -0.143. The first-order valence-corrected chi connectivity index (χ1v) is 10.4. The molecule has 0 saturated carbocycles. The van der Waals surface area contributed by atoms with Crippen LogP contribution in [0.5, 0.6) is 0 Å². The highest BCUT2D eigenvalue weighted by molar-refractivity contribution is 6.39. The molecule has 2 aromatic carbocycles. The molecule has 1 fully saturated rings. The van der Waals surface area contributed by atoms with Crippen molar-refractivity contribution in [1.82, 2.24) is 9.88 Å². The van der Waals surface area contributed by atoms with Crippen LogP contribution in [-0.4, -0.2) is 34.4 Å². The van der Waals surface area contributed by atoms with E-state index in [1.807, 2.05) is 5.32 Å². The fourth-order valence-electron chi connectivity index (χ4n) is 3.97. The molecule has 1 aromatic heterocycles. The number of carbonyl (C=O) groups is 5. The van der Waals surface area contributed by atoms with Gasteiger partial charge in [0.25, 0.3) is 11.8 Å². The minimum Gasteiger partial charge on any atom is -0.545 e. The maximum Gasteiger partial charge on any atom is 0.336 e. The van der Waals surface area contributed by atoms with E-state index in [0.29, 0.717) is 21.9 Å². The molecule has 0 atom stereocenters. The van der Waals surface area contributed by atoms with Gasteiger partial charge in [0, 0.05) is 17.1 Å². The molecule has 0 bridgehead atoms. The Morgan fingerprint density at radius 1 is 0.944 bits per heavy atom. The standard InChI is InChI=1S/C25H18FN3O7/c1-12-7-14(13(2)28(12)17-9-15(23(32)33)8-16(10-17)24(34)35)11-18-21(30)27-25(36)29(22(18)31)20-6-4-3-5-19(20)26/h3-11H,1-2H3,(H,32,33)(H,34,35)(H,27,30,36)/p-2/b18-11+. The second-order valence-corrected chi connectivity index (χ2v) is 7.91. The molecule has 0 aliphatic carbocycles. The Morgan fingerprint density at radius 2 is 1.56 bits per heavy atom. The second-order valence-electron chi connectivity index (χ2n) is 7.91. The van der Waals surface area contributed by atoms with E-state index >= 15 is 0 Å². The third kappa shape index (κ3) is 4.13. The van der Waals surface area contributed by atoms with Crippen molar-refractivity contribution in [3.8, 4) is 5.69 Å². The minimum absolute atomic E-state index is 0.165. The molecular formula is C25H16FN3O7-2. The number of carbonyl (C=O) groups excluding carboxylic acids is 5. The summed E-state index contributed by atoms with van der Waals surface area (Å²) < 4.78 is 15.8. The summed E-state index contributed by atoms with van der Waals surface area (Å²) in [5, 5.41) is 24.8. The number of carboxylic acid groups (broad SMARTS) is 2. The van der Waals surface area contributed by atoms with Crippen LogP contribution in [-0.2, 0) is 9.59 Å². The fraction of sp³-hybridized carbons (Fsp3) is 0.0800. The van der Waals surface area contributed by atoms with Crippen molar-refractivity contribution >= 4 is 41.5 Å². The molecule has 0 radical (unpaired) electrons. The maximum atomic E-state index is 14.3. The van der Waals surface area contributed by atoms with Gasteiger partial charge in [-0.15, -0.1) is 0 Å². The van der Waals surface area contributed by atoms with E-state index in [1.165, 1.54) is 41.0 Å². The number of urea groups is 1. The zero-order chi connectivity index (χ0) is 26.3. The SMILES string of the molecule is Cc1cc(/C=C2\C(=O)NC(=O)N(c3ccccc3F)C2=O)c(C)n1-c1cc(C(=O)[O-])cc(C(=O)[O-])c1. The molecule has 4 amide bonds. The molecule has 0 spiro atoms. The van der Waals surface area contributed by atoms with Gasteiger partial charge in [0.2, 0.25) is 0 Å². The Balaban J connectivity index is 1.82. The van der Waals surface area contributed by atoms with Crippen LogP contribution in [0.15, 0.2) is 54.1 Å².